The quantitative estimate of drug-likeness (QED) is 0.490. The summed E-state index contributed by atoms with van der Waals surface area (Å²) in [5.41, 5.74) is 0. The Morgan fingerprint density at radius 3 is 2.54 bits per heavy atom. The first-order chi connectivity index (χ1) is 12.5. The number of hydrogen-bond donors (Lipinski definition) is 0. The summed E-state index contributed by atoms with van der Waals surface area (Å²) in [4.78, 5) is 34.8. The summed E-state index contributed by atoms with van der Waals surface area (Å²) in [5, 5.41) is 0. The Labute approximate surface area is 155 Å². The van der Waals surface area contributed by atoms with Crippen LogP contribution >= 0.6 is 0 Å². The van der Waals surface area contributed by atoms with Gasteiger partial charge in [0.15, 0.2) is 0 Å². The Morgan fingerprint density at radius 2 is 1.85 bits per heavy atom. The summed E-state index contributed by atoms with van der Waals surface area (Å²) in [6, 6.07) is -0.788. The molecule has 2 fully saturated rings. The lowest BCUT2D eigenvalue weighted by Crippen LogP contribution is -2.61. The van der Waals surface area contributed by atoms with Crippen molar-refractivity contribution in [2.24, 2.45) is 4.99 Å². The van der Waals surface area contributed by atoms with Crippen LogP contribution in [0, 0.1) is 0 Å². The van der Waals surface area contributed by atoms with Gasteiger partial charge in [-0.15, -0.1) is 0 Å². The zero-order chi connectivity index (χ0) is 18.7. The molecule has 144 valence electrons. The molecule has 26 heavy (non-hydrogen) atoms. The Morgan fingerprint density at radius 1 is 1.12 bits per heavy atom. The molecule has 0 N–H and O–H groups in total. The van der Waals surface area contributed by atoms with E-state index < -0.39 is 6.04 Å². The maximum atomic E-state index is 12.8. The summed E-state index contributed by atoms with van der Waals surface area (Å²) in [6.45, 7) is 6.85. The highest BCUT2D eigenvalue weighted by Gasteiger charge is 2.52. The van der Waals surface area contributed by atoms with Crippen LogP contribution in [0.3, 0.4) is 0 Å². The predicted octanol–water partition coefficient (Wildman–Crippen LogP) is 0.614. The van der Waals surface area contributed by atoms with Gasteiger partial charge in [-0.2, -0.15) is 0 Å². The number of amidine groups is 2. The van der Waals surface area contributed by atoms with Crippen molar-refractivity contribution in [2.45, 2.75) is 38.6 Å². The molecule has 8 nitrogen and oxygen atoms in total. The molecule has 3 amide bonds. The average molecular weight is 364 g/mol. The molecule has 8 heteroatoms. The Hall–Kier alpha value is -1.80. The number of morpholine rings is 1. The van der Waals surface area contributed by atoms with Crippen LogP contribution in [0.25, 0.3) is 0 Å². The molecule has 0 radical (unpaired) electrons. The van der Waals surface area contributed by atoms with E-state index in [0.29, 0.717) is 12.4 Å². The number of aliphatic imine (C=N–C) groups is 1. The zero-order valence-corrected chi connectivity index (χ0v) is 16.1. The predicted molar refractivity (Wildman–Crippen MR) is 98.7 cm³/mol. The Kier molecular flexibility index (Phi) is 6.03. The van der Waals surface area contributed by atoms with Crippen molar-refractivity contribution >= 4 is 23.6 Å². The molecular weight excluding hydrogens is 334 g/mol. The number of unbranched alkanes of at least 4 members (excludes halogenated alkanes) is 3. The summed E-state index contributed by atoms with van der Waals surface area (Å²) in [5.74, 6) is 1.28. The monoisotopic (exact) mass is 364 g/mol. The van der Waals surface area contributed by atoms with E-state index in [2.05, 4.69) is 16.4 Å². The highest BCUT2D eigenvalue weighted by atomic mass is 16.5. The van der Waals surface area contributed by atoms with Crippen LogP contribution in [-0.4, -0.2) is 102 Å². The van der Waals surface area contributed by atoms with Crippen molar-refractivity contribution in [1.29, 1.82) is 0 Å². The summed E-state index contributed by atoms with van der Waals surface area (Å²) < 4.78 is 7.54. The van der Waals surface area contributed by atoms with E-state index in [0.717, 1.165) is 51.5 Å². The molecule has 0 aliphatic carbocycles. The van der Waals surface area contributed by atoms with E-state index in [9.17, 15) is 9.59 Å². The largest absolute Gasteiger partial charge is 0.379 e. The first-order valence-corrected chi connectivity index (χ1v) is 9.61. The maximum absolute atomic E-state index is 12.8. The van der Waals surface area contributed by atoms with Gasteiger partial charge in [0.25, 0.3) is 17.8 Å². The second-order valence-corrected chi connectivity index (χ2v) is 7.17. The zero-order valence-electron chi connectivity index (χ0n) is 16.1. The van der Waals surface area contributed by atoms with Gasteiger partial charge in [0, 0.05) is 27.2 Å². The third-order valence-corrected chi connectivity index (χ3v) is 5.33. The normalized spacial score (nSPS) is 24.4. The number of hydrogen-bond acceptors (Lipinski definition) is 5. The second kappa shape index (κ2) is 8.26. The molecule has 1 unspecified atom stereocenters. The van der Waals surface area contributed by atoms with E-state index in [1.54, 1.807) is 14.1 Å². The Balaban J connectivity index is 1.83. The molecule has 0 bridgehead atoms. The molecule has 0 aromatic heterocycles. The van der Waals surface area contributed by atoms with Gasteiger partial charge in [0.1, 0.15) is 6.54 Å². The number of ether oxygens (including phenoxy) is 1. The van der Waals surface area contributed by atoms with Gasteiger partial charge < -0.3 is 4.74 Å². The molecule has 0 aromatic carbocycles. The number of carbonyl (C=O) groups excluding carboxylic acids is 2. The van der Waals surface area contributed by atoms with Gasteiger partial charge >= 0.3 is 11.9 Å². The molecule has 1 atom stereocenters. The van der Waals surface area contributed by atoms with Crippen LogP contribution in [0.4, 0.5) is 4.79 Å². The van der Waals surface area contributed by atoms with E-state index in [1.807, 2.05) is 0 Å². The summed E-state index contributed by atoms with van der Waals surface area (Å²) in [6.07, 6.45) is 4.53. The fourth-order valence-electron chi connectivity index (χ4n) is 3.70. The maximum Gasteiger partial charge on any atom is 0.333 e. The van der Waals surface area contributed by atoms with Gasteiger partial charge in [-0.25, -0.2) is 9.37 Å². The number of likely N-dealkylation sites (N-methyl/N-ethyl adjacent to an activating group) is 2. The van der Waals surface area contributed by atoms with E-state index in [1.165, 1.54) is 22.6 Å². The first-order valence-electron chi connectivity index (χ1n) is 9.61. The molecule has 0 spiro atoms. The molecule has 2 saturated heterocycles. The number of nitrogens with zero attached hydrogens (tertiary/aromatic N) is 5. The number of imide groups is 1. The van der Waals surface area contributed by atoms with Crippen LogP contribution in [0.2, 0.25) is 0 Å². The van der Waals surface area contributed by atoms with Gasteiger partial charge in [-0.3, -0.25) is 19.5 Å². The topological polar surface area (TPSA) is 68.5 Å². The van der Waals surface area contributed by atoms with Crippen LogP contribution in [-0.2, 0) is 9.53 Å². The number of rotatable bonds is 7. The van der Waals surface area contributed by atoms with Crippen LogP contribution in [0.5, 0.6) is 0 Å². The van der Waals surface area contributed by atoms with Crippen molar-refractivity contribution in [2.75, 3.05) is 53.5 Å². The van der Waals surface area contributed by atoms with Crippen molar-refractivity contribution in [3.05, 3.63) is 0 Å². The lowest BCUT2D eigenvalue weighted by atomic mass is 10.1. The smallest absolute Gasteiger partial charge is 0.333 e. The van der Waals surface area contributed by atoms with Crippen molar-refractivity contribution in [3.63, 3.8) is 0 Å². The van der Waals surface area contributed by atoms with Gasteiger partial charge in [-0.1, -0.05) is 19.8 Å². The number of fused-ring (bicyclic) bond motifs is 1. The minimum atomic E-state index is -0.472. The van der Waals surface area contributed by atoms with Crippen LogP contribution in [0.1, 0.15) is 32.6 Å². The van der Waals surface area contributed by atoms with Crippen LogP contribution in [0.15, 0.2) is 4.99 Å². The molecule has 3 rings (SSSR count). The third kappa shape index (κ3) is 3.66. The second-order valence-electron chi connectivity index (χ2n) is 7.17. The van der Waals surface area contributed by atoms with Crippen molar-refractivity contribution < 1.29 is 18.9 Å². The Bertz CT molecular complexity index is 624. The van der Waals surface area contributed by atoms with Crippen molar-refractivity contribution in [1.82, 2.24) is 14.7 Å². The fourth-order valence-corrected chi connectivity index (χ4v) is 3.70. The molecule has 3 heterocycles. The minimum Gasteiger partial charge on any atom is -0.379 e. The average Bonchev–Trinajstić information content (AvgIpc) is 3.01. The highest BCUT2D eigenvalue weighted by molar-refractivity contribution is 6.23. The van der Waals surface area contributed by atoms with Gasteiger partial charge in [0.2, 0.25) is 0 Å². The standard InChI is InChI=1S/C18H30N5O3/c1-4-5-6-7-8-23-14(13-22-9-11-26-12-10-22)19-16-15(23)17(24)21(3)18(25)20(16)2/h15H,4-13H2,1-3H3/q+1. The van der Waals surface area contributed by atoms with Gasteiger partial charge in [-0.05, 0) is 17.8 Å². The van der Waals surface area contributed by atoms with Crippen LogP contribution < -0.4 is 0 Å². The number of amides is 3. The van der Waals surface area contributed by atoms with E-state index in [-0.39, 0.29) is 11.9 Å². The molecule has 0 aromatic rings. The molecular formula is C18H30N5O3+. The first kappa shape index (κ1) is 19.0. The SMILES string of the molecule is CCCCCC[N+]1=C(CN2CCOCC2)N=C2C1C(=O)N(C)C(=O)N2C. The third-order valence-electron chi connectivity index (χ3n) is 5.33. The van der Waals surface area contributed by atoms with E-state index >= 15 is 0 Å². The minimum absolute atomic E-state index is 0.181. The summed E-state index contributed by atoms with van der Waals surface area (Å²) >= 11 is 0. The summed E-state index contributed by atoms with van der Waals surface area (Å²) in [7, 11) is 3.25. The lowest BCUT2D eigenvalue weighted by molar-refractivity contribution is -0.537. The molecule has 3 aliphatic heterocycles. The van der Waals surface area contributed by atoms with E-state index in [4.69, 9.17) is 9.73 Å². The number of urea groups is 1. The lowest BCUT2D eigenvalue weighted by Gasteiger charge is -2.30. The molecule has 0 saturated carbocycles. The molecule has 3 aliphatic rings. The fraction of sp³-hybridized carbons (Fsp3) is 0.778. The highest BCUT2D eigenvalue weighted by Crippen LogP contribution is 2.20. The van der Waals surface area contributed by atoms with Gasteiger partial charge in [0.05, 0.1) is 19.8 Å². The number of carbonyl (C=O) groups is 2. The van der Waals surface area contributed by atoms with Crippen molar-refractivity contribution in [3.8, 4) is 0 Å².